The van der Waals surface area contributed by atoms with Gasteiger partial charge in [0.05, 0.1) is 0 Å². The van der Waals surface area contributed by atoms with E-state index < -0.39 is 0 Å². The number of rotatable bonds is 7. The monoisotopic (exact) mass is 313 g/mol. The lowest BCUT2D eigenvalue weighted by molar-refractivity contribution is -0.127. The molecule has 6 nitrogen and oxygen atoms in total. The average Bonchev–Trinajstić information content (AvgIpc) is 3.14. The minimum atomic E-state index is 0.297. The molecule has 0 atom stereocenters. The molecular weight excluding hydrogens is 290 g/mol. The molecule has 1 amide bonds. The quantitative estimate of drug-likeness (QED) is 0.789. The minimum absolute atomic E-state index is 0.297. The van der Waals surface area contributed by atoms with Gasteiger partial charge in [-0.3, -0.25) is 4.79 Å². The van der Waals surface area contributed by atoms with Crippen LogP contribution in [0.2, 0.25) is 0 Å². The summed E-state index contributed by atoms with van der Waals surface area (Å²) in [4.78, 5) is 15.1. The molecule has 1 aromatic heterocycles. The van der Waals surface area contributed by atoms with E-state index in [1.807, 2.05) is 42.3 Å². The summed E-state index contributed by atoms with van der Waals surface area (Å²) in [6.45, 7) is 3.32. The topological polar surface area (TPSA) is 63.1 Å². The zero-order chi connectivity index (χ0) is 16.1. The Morgan fingerprint density at radius 2 is 2.04 bits per heavy atom. The third-order valence-corrected chi connectivity index (χ3v) is 4.08. The molecule has 122 valence electrons. The summed E-state index contributed by atoms with van der Waals surface area (Å²) in [5.41, 5.74) is 2.96. The number of carbonyl (C=O) groups excluding carboxylic acids is 1. The Balaban J connectivity index is 1.50. The normalized spacial score (nSPS) is 14.7. The molecule has 0 bridgehead atoms. The first-order valence-electron chi connectivity index (χ1n) is 8.18. The lowest BCUT2D eigenvalue weighted by atomic mass is 10.1. The van der Waals surface area contributed by atoms with Crippen molar-refractivity contribution in [2.24, 2.45) is 7.05 Å². The fraction of sp³-hybridized carbons (Fsp3) is 0.471. The van der Waals surface area contributed by atoms with Gasteiger partial charge in [0.25, 0.3) is 0 Å². The summed E-state index contributed by atoms with van der Waals surface area (Å²) in [6.07, 6.45) is 2.69. The summed E-state index contributed by atoms with van der Waals surface area (Å²) in [5.74, 6) is 0.297. The maximum atomic E-state index is 11.5. The number of likely N-dealkylation sites (tertiary alicyclic amines) is 1. The first kappa shape index (κ1) is 15.7. The molecule has 2 heterocycles. The molecule has 0 spiro atoms. The van der Waals surface area contributed by atoms with Crippen LogP contribution in [-0.4, -0.2) is 45.4 Å². The van der Waals surface area contributed by atoms with Crippen molar-refractivity contribution in [3.8, 4) is 11.3 Å². The van der Waals surface area contributed by atoms with Crippen molar-refractivity contribution < 1.29 is 4.79 Å². The maximum Gasteiger partial charge on any atom is 0.222 e. The fourth-order valence-electron chi connectivity index (χ4n) is 2.93. The third-order valence-electron chi connectivity index (χ3n) is 4.08. The van der Waals surface area contributed by atoms with Crippen molar-refractivity contribution in [3.63, 3.8) is 0 Å². The van der Waals surface area contributed by atoms with Crippen molar-refractivity contribution in [2.75, 3.05) is 19.6 Å². The van der Waals surface area contributed by atoms with Gasteiger partial charge in [0.2, 0.25) is 5.91 Å². The van der Waals surface area contributed by atoms with Gasteiger partial charge in [0, 0.05) is 38.7 Å². The van der Waals surface area contributed by atoms with Gasteiger partial charge in [-0.15, -0.1) is 0 Å². The summed E-state index contributed by atoms with van der Waals surface area (Å²) < 4.78 is 0. The predicted octanol–water partition coefficient (Wildman–Crippen LogP) is 1.58. The summed E-state index contributed by atoms with van der Waals surface area (Å²) in [7, 11) is 1.84. The highest BCUT2D eigenvalue weighted by atomic mass is 16.2. The van der Waals surface area contributed by atoms with Crippen LogP contribution in [0.3, 0.4) is 0 Å². The smallest absolute Gasteiger partial charge is 0.222 e. The second-order valence-electron chi connectivity index (χ2n) is 5.87. The van der Waals surface area contributed by atoms with E-state index in [4.69, 9.17) is 0 Å². The molecule has 6 heteroatoms. The lowest BCUT2D eigenvalue weighted by Crippen LogP contribution is -2.28. The van der Waals surface area contributed by atoms with Crippen molar-refractivity contribution in [1.82, 2.24) is 25.2 Å². The van der Waals surface area contributed by atoms with E-state index in [9.17, 15) is 4.79 Å². The van der Waals surface area contributed by atoms with E-state index in [1.54, 1.807) is 4.80 Å². The van der Waals surface area contributed by atoms with Crippen LogP contribution in [-0.2, 0) is 18.4 Å². The van der Waals surface area contributed by atoms with Crippen LogP contribution in [0.1, 0.15) is 25.0 Å². The summed E-state index contributed by atoms with van der Waals surface area (Å²) >= 11 is 0. The number of aryl methyl sites for hydroxylation is 1. The van der Waals surface area contributed by atoms with Gasteiger partial charge < -0.3 is 10.2 Å². The number of carbonyl (C=O) groups is 1. The second-order valence-corrected chi connectivity index (χ2v) is 5.87. The van der Waals surface area contributed by atoms with E-state index in [0.717, 1.165) is 49.4 Å². The zero-order valence-electron chi connectivity index (χ0n) is 13.5. The third kappa shape index (κ3) is 3.96. The van der Waals surface area contributed by atoms with Crippen molar-refractivity contribution in [3.05, 3.63) is 36.0 Å². The highest BCUT2D eigenvalue weighted by Gasteiger charge is 2.19. The molecule has 1 fully saturated rings. The predicted molar refractivity (Wildman–Crippen MR) is 88.6 cm³/mol. The Hall–Kier alpha value is -2.21. The average molecular weight is 313 g/mol. The molecule has 2 aromatic rings. The van der Waals surface area contributed by atoms with Gasteiger partial charge in [-0.1, -0.05) is 30.3 Å². The molecule has 1 aromatic carbocycles. The van der Waals surface area contributed by atoms with E-state index in [0.29, 0.717) is 18.9 Å². The summed E-state index contributed by atoms with van der Waals surface area (Å²) in [6, 6.07) is 10.1. The Kier molecular flexibility index (Phi) is 5.02. The van der Waals surface area contributed by atoms with Gasteiger partial charge >= 0.3 is 0 Å². The molecule has 23 heavy (non-hydrogen) atoms. The van der Waals surface area contributed by atoms with Gasteiger partial charge in [0.15, 0.2) is 0 Å². The number of hydrogen-bond acceptors (Lipinski definition) is 4. The lowest BCUT2D eigenvalue weighted by Gasteiger charge is -2.15. The zero-order valence-corrected chi connectivity index (χ0v) is 13.5. The van der Waals surface area contributed by atoms with Gasteiger partial charge in [-0.2, -0.15) is 15.0 Å². The van der Waals surface area contributed by atoms with Crippen LogP contribution in [0.5, 0.6) is 0 Å². The molecule has 1 saturated heterocycles. The Morgan fingerprint density at radius 3 is 2.78 bits per heavy atom. The first-order valence-corrected chi connectivity index (χ1v) is 8.18. The molecule has 1 aliphatic heterocycles. The molecule has 1 aliphatic rings. The first-order chi connectivity index (χ1) is 11.2. The second kappa shape index (κ2) is 7.37. The Morgan fingerprint density at radius 1 is 1.22 bits per heavy atom. The van der Waals surface area contributed by atoms with E-state index >= 15 is 0 Å². The molecule has 1 N–H and O–H groups in total. The van der Waals surface area contributed by atoms with Crippen LogP contribution in [0.25, 0.3) is 11.3 Å². The van der Waals surface area contributed by atoms with Crippen molar-refractivity contribution in [2.45, 2.75) is 25.8 Å². The molecular formula is C17H23N5O. The van der Waals surface area contributed by atoms with Gasteiger partial charge in [-0.25, -0.2) is 0 Å². The highest BCUT2D eigenvalue weighted by Crippen LogP contribution is 2.19. The fourth-order valence-corrected chi connectivity index (χ4v) is 2.93. The number of nitrogens with one attached hydrogen (secondary N) is 1. The van der Waals surface area contributed by atoms with Gasteiger partial charge in [0.1, 0.15) is 11.4 Å². The van der Waals surface area contributed by atoms with E-state index in [1.165, 1.54) is 0 Å². The van der Waals surface area contributed by atoms with E-state index in [-0.39, 0.29) is 0 Å². The number of aromatic nitrogens is 3. The standard InChI is InChI=1S/C17H23N5O/c1-21-19-15(17(20-21)14-7-3-2-4-8-14)13-18-10-6-12-22-11-5-9-16(22)23/h2-4,7-8,18H,5-6,9-13H2,1H3. The van der Waals surface area contributed by atoms with Crippen LogP contribution < -0.4 is 5.32 Å². The molecule has 3 rings (SSSR count). The van der Waals surface area contributed by atoms with Crippen LogP contribution >= 0.6 is 0 Å². The number of nitrogens with zero attached hydrogens (tertiary/aromatic N) is 4. The van der Waals surface area contributed by atoms with Crippen LogP contribution in [0, 0.1) is 0 Å². The SMILES string of the molecule is Cn1nc(CNCCCN2CCCC2=O)c(-c2ccccc2)n1. The maximum absolute atomic E-state index is 11.5. The van der Waals surface area contributed by atoms with Crippen molar-refractivity contribution >= 4 is 5.91 Å². The minimum Gasteiger partial charge on any atom is -0.343 e. The van der Waals surface area contributed by atoms with E-state index in [2.05, 4.69) is 15.5 Å². The highest BCUT2D eigenvalue weighted by molar-refractivity contribution is 5.77. The van der Waals surface area contributed by atoms with Crippen LogP contribution in [0.4, 0.5) is 0 Å². The Labute approximate surface area is 136 Å². The molecule has 0 aliphatic carbocycles. The number of hydrogen-bond donors (Lipinski definition) is 1. The molecule has 0 unspecified atom stereocenters. The van der Waals surface area contributed by atoms with Gasteiger partial charge in [-0.05, 0) is 19.4 Å². The van der Waals surface area contributed by atoms with Crippen LogP contribution in [0.15, 0.2) is 30.3 Å². The number of benzene rings is 1. The molecule has 0 radical (unpaired) electrons. The molecule has 0 saturated carbocycles. The Bertz CT molecular complexity index is 652. The largest absolute Gasteiger partial charge is 0.343 e. The number of amides is 1. The summed E-state index contributed by atoms with van der Waals surface area (Å²) in [5, 5.41) is 12.3. The van der Waals surface area contributed by atoms with Crippen molar-refractivity contribution in [1.29, 1.82) is 0 Å².